The number of amides is 1. The number of aromatic nitrogens is 3. The van der Waals surface area contributed by atoms with Gasteiger partial charge in [0.2, 0.25) is 0 Å². The van der Waals surface area contributed by atoms with Crippen molar-refractivity contribution in [1.82, 2.24) is 20.1 Å². The molecule has 1 aliphatic rings. The molecule has 7 nitrogen and oxygen atoms in total. The summed E-state index contributed by atoms with van der Waals surface area (Å²) in [5.74, 6) is -0.673. The van der Waals surface area contributed by atoms with E-state index < -0.39 is 12.1 Å². The lowest BCUT2D eigenvalue weighted by atomic mass is 9.97. The summed E-state index contributed by atoms with van der Waals surface area (Å²) in [6.45, 7) is 10.2. The number of hydrogen-bond acceptors (Lipinski definition) is 5. The summed E-state index contributed by atoms with van der Waals surface area (Å²) in [6, 6.07) is 1.86. The first-order valence-corrected chi connectivity index (χ1v) is 11.3. The zero-order valence-corrected chi connectivity index (χ0v) is 19.3. The van der Waals surface area contributed by atoms with Crippen LogP contribution in [0, 0.1) is 0 Å². The van der Waals surface area contributed by atoms with Crippen molar-refractivity contribution in [3.8, 4) is 0 Å². The van der Waals surface area contributed by atoms with Crippen molar-refractivity contribution in [3.63, 3.8) is 0 Å². The fourth-order valence-electron chi connectivity index (χ4n) is 3.78. The van der Waals surface area contributed by atoms with Crippen LogP contribution in [0.1, 0.15) is 94.7 Å². The molecular formula is C24H34N4O3. The molecule has 0 aromatic carbocycles. The quantitative estimate of drug-likeness (QED) is 0.489. The van der Waals surface area contributed by atoms with E-state index in [1.807, 2.05) is 27.7 Å². The Kier molecular flexibility index (Phi) is 7.46. The number of rotatable bonds is 8. The van der Waals surface area contributed by atoms with Crippen LogP contribution in [0.4, 0.5) is 0 Å². The molecule has 2 heterocycles. The molecule has 1 N–H and O–H groups in total. The second-order valence-corrected chi connectivity index (χ2v) is 8.87. The predicted molar refractivity (Wildman–Crippen MR) is 121 cm³/mol. The van der Waals surface area contributed by atoms with Crippen molar-refractivity contribution < 1.29 is 14.3 Å². The van der Waals surface area contributed by atoms with Gasteiger partial charge in [-0.1, -0.05) is 25.5 Å². The standard InChI is InChI=1S/C24H34N4O3/c1-15(2)21-13-19(20-14-26-28(16(3)4)22(20)27-21)24(30)31-17(5)23(29)25-12-11-18-9-7-6-8-10-18/h9,13-17H,6-8,10-12H2,1-5H3,(H,25,29)/t17-/m1/s1. The van der Waals surface area contributed by atoms with E-state index in [1.54, 1.807) is 23.9 Å². The second-order valence-electron chi connectivity index (χ2n) is 8.87. The molecule has 1 aliphatic carbocycles. The van der Waals surface area contributed by atoms with Gasteiger partial charge >= 0.3 is 5.97 Å². The Hall–Kier alpha value is -2.70. The first kappa shape index (κ1) is 23.0. The molecule has 3 rings (SSSR count). The number of esters is 1. The normalized spacial score (nSPS) is 15.3. The van der Waals surface area contributed by atoms with Gasteiger partial charge in [-0.05, 0) is 64.9 Å². The van der Waals surface area contributed by atoms with E-state index in [2.05, 4.69) is 16.5 Å². The molecule has 168 valence electrons. The maximum absolute atomic E-state index is 13.0. The summed E-state index contributed by atoms with van der Waals surface area (Å²) >= 11 is 0. The highest BCUT2D eigenvalue weighted by molar-refractivity contribution is 6.03. The molecule has 2 aromatic rings. The Bertz CT molecular complexity index is 975. The maximum atomic E-state index is 13.0. The minimum Gasteiger partial charge on any atom is -0.449 e. The number of carbonyl (C=O) groups is 2. The molecule has 0 saturated carbocycles. The Morgan fingerprint density at radius 3 is 2.61 bits per heavy atom. The molecule has 0 bridgehead atoms. The lowest BCUT2D eigenvalue weighted by molar-refractivity contribution is -0.129. The molecular weight excluding hydrogens is 392 g/mol. The van der Waals surface area contributed by atoms with Crippen molar-refractivity contribution in [2.75, 3.05) is 6.54 Å². The number of pyridine rings is 1. The first-order valence-electron chi connectivity index (χ1n) is 11.3. The van der Waals surface area contributed by atoms with E-state index >= 15 is 0 Å². The highest BCUT2D eigenvalue weighted by Gasteiger charge is 2.23. The van der Waals surface area contributed by atoms with Gasteiger partial charge in [0.1, 0.15) is 0 Å². The average Bonchev–Trinajstić information content (AvgIpc) is 3.17. The van der Waals surface area contributed by atoms with Crippen LogP contribution < -0.4 is 5.32 Å². The molecule has 0 spiro atoms. The van der Waals surface area contributed by atoms with Gasteiger partial charge in [0.25, 0.3) is 5.91 Å². The molecule has 0 aliphatic heterocycles. The van der Waals surface area contributed by atoms with Gasteiger partial charge in [-0.15, -0.1) is 0 Å². The summed E-state index contributed by atoms with van der Waals surface area (Å²) in [7, 11) is 0. The van der Waals surface area contributed by atoms with E-state index in [0.717, 1.165) is 25.0 Å². The Morgan fingerprint density at radius 2 is 1.97 bits per heavy atom. The first-order chi connectivity index (χ1) is 14.8. The van der Waals surface area contributed by atoms with Crippen molar-refractivity contribution in [2.24, 2.45) is 0 Å². The third-order valence-corrected chi connectivity index (χ3v) is 5.67. The van der Waals surface area contributed by atoms with E-state index in [9.17, 15) is 9.59 Å². The highest BCUT2D eigenvalue weighted by Crippen LogP contribution is 2.25. The molecule has 0 unspecified atom stereocenters. The van der Waals surface area contributed by atoms with Crippen molar-refractivity contribution in [1.29, 1.82) is 0 Å². The zero-order valence-electron chi connectivity index (χ0n) is 19.3. The van der Waals surface area contributed by atoms with Crippen LogP contribution in [0.15, 0.2) is 23.9 Å². The fourth-order valence-corrected chi connectivity index (χ4v) is 3.78. The van der Waals surface area contributed by atoms with Crippen molar-refractivity contribution in [3.05, 3.63) is 35.2 Å². The van der Waals surface area contributed by atoms with Crippen molar-refractivity contribution in [2.45, 2.75) is 84.8 Å². The fraction of sp³-hybridized carbons (Fsp3) is 0.583. The third-order valence-electron chi connectivity index (χ3n) is 5.67. The Balaban J connectivity index is 1.70. The van der Waals surface area contributed by atoms with E-state index in [0.29, 0.717) is 23.1 Å². The van der Waals surface area contributed by atoms with Crippen LogP contribution in [0.5, 0.6) is 0 Å². The predicted octanol–water partition coefficient (Wildman–Crippen LogP) is 4.69. The Morgan fingerprint density at radius 1 is 1.19 bits per heavy atom. The van der Waals surface area contributed by atoms with Crippen LogP contribution >= 0.6 is 0 Å². The van der Waals surface area contributed by atoms with Gasteiger partial charge < -0.3 is 10.1 Å². The Labute approximate surface area is 184 Å². The number of hydrogen-bond donors (Lipinski definition) is 1. The lowest BCUT2D eigenvalue weighted by Crippen LogP contribution is -2.36. The number of nitrogens with one attached hydrogen (secondary N) is 1. The summed E-state index contributed by atoms with van der Waals surface area (Å²) < 4.78 is 7.32. The number of carbonyl (C=O) groups excluding carboxylic acids is 2. The molecule has 1 amide bonds. The monoisotopic (exact) mass is 426 g/mol. The number of nitrogens with zero attached hydrogens (tertiary/aromatic N) is 3. The summed E-state index contributed by atoms with van der Waals surface area (Å²) in [4.78, 5) is 30.1. The lowest BCUT2D eigenvalue weighted by Gasteiger charge is -2.16. The molecule has 1 atom stereocenters. The number of fused-ring (bicyclic) bond motifs is 1. The molecule has 7 heteroatoms. The molecule has 2 aromatic heterocycles. The largest absolute Gasteiger partial charge is 0.449 e. The number of ether oxygens (including phenoxy) is 1. The zero-order chi connectivity index (χ0) is 22.5. The molecule has 0 saturated heterocycles. The van der Waals surface area contributed by atoms with Gasteiger partial charge in [0, 0.05) is 18.3 Å². The molecule has 0 fully saturated rings. The summed E-state index contributed by atoms with van der Waals surface area (Å²) in [5.41, 5.74) is 3.25. The maximum Gasteiger partial charge on any atom is 0.339 e. The average molecular weight is 427 g/mol. The van der Waals surface area contributed by atoms with E-state index in [4.69, 9.17) is 9.72 Å². The number of allylic oxidation sites excluding steroid dienone is 1. The van der Waals surface area contributed by atoms with Gasteiger partial charge in [0.05, 0.1) is 17.1 Å². The highest BCUT2D eigenvalue weighted by atomic mass is 16.5. The second kappa shape index (κ2) is 10.1. The third kappa shape index (κ3) is 5.51. The van der Waals surface area contributed by atoms with Crippen LogP contribution in [0.25, 0.3) is 11.0 Å². The van der Waals surface area contributed by atoms with Crippen LogP contribution in [-0.4, -0.2) is 39.3 Å². The van der Waals surface area contributed by atoms with E-state index in [-0.39, 0.29) is 17.9 Å². The molecule has 0 radical (unpaired) electrons. The van der Waals surface area contributed by atoms with Crippen LogP contribution in [-0.2, 0) is 9.53 Å². The van der Waals surface area contributed by atoms with Gasteiger partial charge in [-0.3, -0.25) is 4.79 Å². The van der Waals surface area contributed by atoms with Gasteiger partial charge in [-0.25, -0.2) is 14.5 Å². The minimum atomic E-state index is -0.876. The summed E-state index contributed by atoms with van der Waals surface area (Å²) in [6.07, 6.45) is 8.61. The molecule has 31 heavy (non-hydrogen) atoms. The van der Waals surface area contributed by atoms with E-state index in [1.165, 1.54) is 18.4 Å². The topological polar surface area (TPSA) is 86.1 Å². The SMILES string of the molecule is CC(C)c1cc(C(=O)O[C@H](C)C(=O)NCCC2=CCCCC2)c2cnn(C(C)C)c2n1. The summed E-state index contributed by atoms with van der Waals surface area (Å²) in [5, 5.41) is 7.92. The van der Waals surface area contributed by atoms with Crippen molar-refractivity contribution >= 4 is 22.9 Å². The van der Waals surface area contributed by atoms with Gasteiger partial charge in [-0.2, -0.15) is 5.10 Å². The van der Waals surface area contributed by atoms with Crippen LogP contribution in [0.2, 0.25) is 0 Å². The smallest absolute Gasteiger partial charge is 0.339 e. The van der Waals surface area contributed by atoms with Gasteiger partial charge in [0.15, 0.2) is 11.8 Å². The van der Waals surface area contributed by atoms with Crippen LogP contribution in [0.3, 0.4) is 0 Å². The minimum absolute atomic E-state index is 0.111.